The zero-order chi connectivity index (χ0) is 22.8. The van der Waals surface area contributed by atoms with Crippen molar-refractivity contribution in [3.05, 3.63) is 76.2 Å². The van der Waals surface area contributed by atoms with Crippen molar-refractivity contribution in [3.8, 4) is 0 Å². The van der Waals surface area contributed by atoms with Crippen LogP contribution in [0.1, 0.15) is 16.8 Å². The second-order valence-corrected chi connectivity index (χ2v) is 9.50. The molecular weight excluding hydrogens is 468 g/mol. The highest BCUT2D eigenvalue weighted by Crippen LogP contribution is 2.46. The van der Waals surface area contributed by atoms with E-state index in [0.717, 1.165) is 27.4 Å². The molecule has 0 bridgehead atoms. The van der Waals surface area contributed by atoms with Crippen molar-refractivity contribution in [3.63, 3.8) is 0 Å². The van der Waals surface area contributed by atoms with Crippen molar-refractivity contribution in [2.24, 2.45) is 0 Å². The number of hydrogen-bond acceptors (Lipinski definition) is 7. The van der Waals surface area contributed by atoms with Crippen molar-refractivity contribution in [1.29, 1.82) is 0 Å². The van der Waals surface area contributed by atoms with E-state index in [9.17, 15) is 14.4 Å². The Morgan fingerprint density at radius 1 is 1.00 bits per heavy atom. The van der Waals surface area contributed by atoms with E-state index in [4.69, 9.17) is 22.4 Å². The standard InChI is InChI=1S/C22H16N2O5S3/c25-19(26)11-12-23-15-3-1-2-4-16(15)31-18(23)10-9-17-20(27)24(22(30)32-17)14-7-5-13(6-8-14)21(28)29/h1-10H,11-12H2,(H,25,26)(H,28,29)/b17-9+,18-10+. The number of carbonyl (C=O) groups excluding carboxylic acids is 1. The first-order valence-electron chi connectivity index (χ1n) is 9.43. The molecule has 2 aliphatic heterocycles. The Morgan fingerprint density at radius 2 is 1.72 bits per heavy atom. The number of amides is 1. The first kappa shape index (κ1) is 22.1. The molecule has 2 aliphatic rings. The predicted molar refractivity (Wildman–Crippen MR) is 129 cm³/mol. The molecule has 2 aromatic carbocycles. The monoisotopic (exact) mass is 484 g/mol. The highest BCUT2D eigenvalue weighted by atomic mass is 32.2. The van der Waals surface area contributed by atoms with Gasteiger partial charge in [-0.2, -0.15) is 0 Å². The van der Waals surface area contributed by atoms with Crippen LogP contribution >= 0.6 is 35.7 Å². The molecular formula is C22H16N2O5S3. The first-order valence-corrected chi connectivity index (χ1v) is 11.5. The van der Waals surface area contributed by atoms with Gasteiger partial charge in [0.2, 0.25) is 0 Å². The van der Waals surface area contributed by atoms with Crippen molar-refractivity contribution in [2.75, 3.05) is 16.3 Å². The van der Waals surface area contributed by atoms with Gasteiger partial charge in [-0.1, -0.05) is 47.9 Å². The highest BCUT2D eigenvalue weighted by molar-refractivity contribution is 8.27. The number of carbonyl (C=O) groups is 3. The lowest BCUT2D eigenvalue weighted by Crippen LogP contribution is -2.27. The van der Waals surface area contributed by atoms with E-state index >= 15 is 0 Å². The van der Waals surface area contributed by atoms with Crippen LogP contribution < -0.4 is 9.80 Å². The minimum Gasteiger partial charge on any atom is -0.481 e. The van der Waals surface area contributed by atoms with E-state index in [-0.39, 0.29) is 17.9 Å². The molecule has 4 rings (SSSR count). The van der Waals surface area contributed by atoms with Gasteiger partial charge in [-0.15, -0.1) is 0 Å². The number of thiocarbonyl (C=S) groups is 1. The van der Waals surface area contributed by atoms with E-state index in [2.05, 4.69) is 0 Å². The number of aliphatic carboxylic acids is 1. The zero-order valence-corrected chi connectivity index (χ0v) is 18.9. The molecule has 0 unspecified atom stereocenters. The molecule has 1 saturated heterocycles. The summed E-state index contributed by atoms with van der Waals surface area (Å²) >= 11 is 8.04. The molecule has 0 aromatic heterocycles. The minimum atomic E-state index is -1.05. The van der Waals surface area contributed by atoms with Crippen LogP contribution in [0.15, 0.2) is 75.5 Å². The number of aromatic carboxylic acids is 1. The minimum absolute atomic E-state index is 0.0132. The van der Waals surface area contributed by atoms with Crippen molar-refractivity contribution in [2.45, 2.75) is 11.3 Å². The Labute approximate surface area is 197 Å². The maximum Gasteiger partial charge on any atom is 0.335 e. The Kier molecular flexibility index (Phi) is 6.35. The third-order valence-corrected chi connectivity index (χ3v) is 7.18. The second-order valence-electron chi connectivity index (χ2n) is 6.76. The lowest BCUT2D eigenvalue weighted by atomic mass is 10.2. The summed E-state index contributed by atoms with van der Waals surface area (Å²) in [5, 5.41) is 19.0. The van der Waals surface area contributed by atoms with Crippen LogP contribution in [-0.4, -0.2) is 38.9 Å². The van der Waals surface area contributed by atoms with Crippen molar-refractivity contribution < 1.29 is 24.6 Å². The van der Waals surface area contributed by atoms with Gasteiger partial charge >= 0.3 is 11.9 Å². The molecule has 2 N–H and O–H groups in total. The summed E-state index contributed by atoms with van der Waals surface area (Å²) in [6.07, 6.45) is 3.47. The van der Waals surface area contributed by atoms with Gasteiger partial charge in [0.15, 0.2) is 4.32 Å². The van der Waals surface area contributed by atoms with E-state index in [0.29, 0.717) is 21.5 Å². The van der Waals surface area contributed by atoms with Crippen LogP contribution in [0.5, 0.6) is 0 Å². The van der Waals surface area contributed by atoms with Gasteiger partial charge in [-0.3, -0.25) is 14.5 Å². The molecule has 7 nitrogen and oxygen atoms in total. The van der Waals surface area contributed by atoms with Crippen LogP contribution in [0.2, 0.25) is 0 Å². The van der Waals surface area contributed by atoms with Crippen LogP contribution in [-0.2, 0) is 9.59 Å². The van der Waals surface area contributed by atoms with Gasteiger partial charge in [0.25, 0.3) is 5.91 Å². The van der Waals surface area contributed by atoms with Crippen molar-refractivity contribution >= 4 is 69.3 Å². The number of benzene rings is 2. The molecule has 0 atom stereocenters. The van der Waals surface area contributed by atoms with Gasteiger partial charge in [0.1, 0.15) is 0 Å². The molecule has 1 amide bonds. The lowest BCUT2D eigenvalue weighted by Gasteiger charge is -2.19. The summed E-state index contributed by atoms with van der Waals surface area (Å²) in [7, 11) is 0. The molecule has 0 radical (unpaired) electrons. The lowest BCUT2D eigenvalue weighted by molar-refractivity contribution is -0.136. The van der Waals surface area contributed by atoms with Gasteiger partial charge < -0.3 is 15.1 Å². The SMILES string of the molecule is O=C(O)CCN1/C(=C\C=C2\SC(=S)N(c3ccc(C(=O)O)cc3)C2=O)Sc2ccccc21. The number of allylic oxidation sites excluding steroid dienone is 2. The van der Waals surface area contributed by atoms with E-state index in [1.807, 2.05) is 29.2 Å². The topological polar surface area (TPSA) is 98.2 Å². The summed E-state index contributed by atoms with van der Waals surface area (Å²) in [5.74, 6) is -2.22. The van der Waals surface area contributed by atoms with Gasteiger partial charge in [-0.25, -0.2) is 4.79 Å². The van der Waals surface area contributed by atoms with E-state index in [1.54, 1.807) is 24.3 Å². The van der Waals surface area contributed by atoms with E-state index < -0.39 is 11.9 Å². The molecule has 32 heavy (non-hydrogen) atoms. The van der Waals surface area contributed by atoms with Crippen LogP contribution in [0.4, 0.5) is 11.4 Å². The molecule has 0 spiro atoms. The molecule has 0 aliphatic carbocycles. The number of carboxylic acids is 2. The Bertz CT molecular complexity index is 1190. The van der Waals surface area contributed by atoms with Crippen LogP contribution in [0, 0.1) is 0 Å². The first-order chi connectivity index (χ1) is 15.3. The third kappa shape index (κ3) is 4.43. The summed E-state index contributed by atoms with van der Waals surface area (Å²) in [6, 6.07) is 13.7. The maximum absolute atomic E-state index is 13.0. The number of anilines is 2. The average molecular weight is 485 g/mol. The summed E-state index contributed by atoms with van der Waals surface area (Å²) in [4.78, 5) is 39.8. The molecule has 2 heterocycles. The van der Waals surface area contributed by atoms with E-state index in [1.165, 1.54) is 28.8 Å². The third-order valence-electron chi connectivity index (χ3n) is 4.73. The fraction of sp³-hybridized carbons (Fsp3) is 0.0909. The van der Waals surface area contributed by atoms with Gasteiger partial charge in [0.05, 0.1) is 33.3 Å². The number of para-hydroxylation sites is 1. The number of carboxylic acid groups (broad SMARTS) is 2. The number of nitrogens with zero attached hydrogens (tertiary/aromatic N) is 2. The molecule has 0 saturated carbocycles. The Hall–Kier alpha value is -3.08. The molecule has 2 aromatic rings. The number of hydrogen-bond donors (Lipinski definition) is 2. The zero-order valence-electron chi connectivity index (χ0n) is 16.4. The summed E-state index contributed by atoms with van der Waals surface area (Å²) < 4.78 is 0.354. The molecule has 10 heteroatoms. The fourth-order valence-corrected chi connectivity index (χ4v) is 5.55. The average Bonchev–Trinajstić information content (AvgIpc) is 3.26. The summed E-state index contributed by atoms with van der Waals surface area (Å²) in [6.45, 7) is 0.315. The Balaban J connectivity index is 1.58. The number of fused-ring (bicyclic) bond motifs is 1. The largest absolute Gasteiger partial charge is 0.481 e. The van der Waals surface area contributed by atoms with Gasteiger partial charge in [0, 0.05) is 11.4 Å². The Morgan fingerprint density at radius 3 is 2.41 bits per heavy atom. The highest BCUT2D eigenvalue weighted by Gasteiger charge is 2.33. The maximum atomic E-state index is 13.0. The van der Waals surface area contributed by atoms with Crippen LogP contribution in [0.3, 0.4) is 0 Å². The predicted octanol–water partition coefficient (Wildman–Crippen LogP) is 4.56. The molecule has 1 fully saturated rings. The normalized spacial score (nSPS) is 18.0. The smallest absolute Gasteiger partial charge is 0.335 e. The van der Waals surface area contributed by atoms with Crippen LogP contribution in [0.25, 0.3) is 0 Å². The number of rotatable bonds is 6. The quantitative estimate of drug-likeness (QED) is 0.451. The molecule has 162 valence electrons. The fourth-order valence-electron chi connectivity index (χ4n) is 3.22. The summed E-state index contributed by atoms with van der Waals surface area (Å²) in [5.41, 5.74) is 1.56. The van der Waals surface area contributed by atoms with Gasteiger partial charge in [-0.05, 0) is 48.6 Å². The van der Waals surface area contributed by atoms with Crippen molar-refractivity contribution in [1.82, 2.24) is 0 Å². The number of thioether (sulfide) groups is 2. The second kappa shape index (κ2) is 9.19.